The molecule has 0 spiro atoms. The Bertz CT molecular complexity index is 934. The van der Waals surface area contributed by atoms with Gasteiger partial charge in [0.2, 0.25) is 5.91 Å². The summed E-state index contributed by atoms with van der Waals surface area (Å²) in [6, 6.07) is 6.28. The second kappa shape index (κ2) is 6.06. The number of nitrogens with one attached hydrogen (secondary N) is 1. The molecule has 1 aliphatic rings. The van der Waals surface area contributed by atoms with Crippen LogP contribution >= 0.6 is 0 Å². The topological polar surface area (TPSA) is 60.1 Å². The number of furan rings is 1. The summed E-state index contributed by atoms with van der Waals surface area (Å²) in [5, 5.41) is 8.40. The van der Waals surface area contributed by atoms with Crippen molar-refractivity contribution in [2.45, 2.75) is 46.1 Å². The van der Waals surface area contributed by atoms with Gasteiger partial charge in [0.1, 0.15) is 11.4 Å². The van der Waals surface area contributed by atoms with Crippen molar-refractivity contribution in [1.29, 1.82) is 0 Å². The number of carbonyl (C=O) groups is 1. The Hall–Kier alpha value is -2.56. The fraction of sp³-hybridized carbons (Fsp3) is 0.400. The minimum absolute atomic E-state index is 0.0503. The number of hydrogen-bond donors (Lipinski definition) is 1. The molecule has 0 radical (unpaired) electrons. The van der Waals surface area contributed by atoms with Gasteiger partial charge in [0.25, 0.3) is 0 Å². The third-order valence-electron chi connectivity index (χ3n) is 5.32. The second-order valence-corrected chi connectivity index (χ2v) is 7.11. The van der Waals surface area contributed by atoms with E-state index < -0.39 is 0 Å². The number of nitrogens with zero attached hydrogens (tertiary/aromatic N) is 2. The van der Waals surface area contributed by atoms with Gasteiger partial charge in [-0.05, 0) is 50.7 Å². The van der Waals surface area contributed by atoms with Gasteiger partial charge in [-0.2, -0.15) is 5.10 Å². The summed E-state index contributed by atoms with van der Waals surface area (Å²) in [5.74, 6) is 1.40. The molecule has 1 N–H and O–H groups in total. The molecular weight excluding hydrogens is 314 g/mol. The van der Waals surface area contributed by atoms with Crippen LogP contribution in [0, 0.1) is 19.8 Å². The fourth-order valence-electron chi connectivity index (χ4n) is 3.40. The molecule has 0 bridgehead atoms. The van der Waals surface area contributed by atoms with Crippen LogP contribution < -0.4 is 5.32 Å². The molecule has 130 valence electrons. The molecule has 1 saturated carbocycles. The van der Waals surface area contributed by atoms with E-state index in [1.807, 2.05) is 23.7 Å². The van der Waals surface area contributed by atoms with Gasteiger partial charge < -0.3 is 9.73 Å². The van der Waals surface area contributed by atoms with E-state index in [1.165, 1.54) is 18.4 Å². The maximum atomic E-state index is 12.5. The van der Waals surface area contributed by atoms with Crippen LogP contribution in [0.15, 0.2) is 35.1 Å². The van der Waals surface area contributed by atoms with Crippen LogP contribution in [0.1, 0.15) is 42.5 Å². The number of fused-ring (bicyclic) bond motifs is 1. The lowest BCUT2D eigenvalue weighted by Gasteiger charge is -2.15. The van der Waals surface area contributed by atoms with Crippen LogP contribution in [-0.4, -0.2) is 15.7 Å². The maximum Gasteiger partial charge on any atom is 0.230 e. The van der Waals surface area contributed by atoms with Crippen molar-refractivity contribution in [2.24, 2.45) is 5.92 Å². The number of hydrogen-bond acceptors (Lipinski definition) is 3. The predicted molar refractivity (Wildman–Crippen MR) is 97.7 cm³/mol. The maximum absolute atomic E-state index is 12.5. The monoisotopic (exact) mass is 337 g/mol. The van der Waals surface area contributed by atoms with Gasteiger partial charge in [-0.3, -0.25) is 4.79 Å². The van der Waals surface area contributed by atoms with E-state index in [0.29, 0.717) is 18.4 Å². The highest BCUT2D eigenvalue weighted by atomic mass is 16.3. The number of amides is 1. The number of anilines is 1. The number of aromatic nitrogens is 2. The third-order valence-corrected chi connectivity index (χ3v) is 5.32. The lowest BCUT2D eigenvalue weighted by Crippen LogP contribution is -2.19. The van der Waals surface area contributed by atoms with Crippen molar-refractivity contribution in [3.63, 3.8) is 0 Å². The smallest absolute Gasteiger partial charge is 0.230 e. The molecular formula is C20H23N3O2. The summed E-state index contributed by atoms with van der Waals surface area (Å²) < 4.78 is 7.63. The van der Waals surface area contributed by atoms with Crippen molar-refractivity contribution >= 4 is 22.7 Å². The van der Waals surface area contributed by atoms with Crippen LogP contribution in [0.2, 0.25) is 0 Å². The first kappa shape index (κ1) is 15.9. The Morgan fingerprint density at radius 1 is 1.36 bits per heavy atom. The molecule has 5 heteroatoms. The van der Waals surface area contributed by atoms with Crippen molar-refractivity contribution in [3.8, 4) is 0 Å². The summed E-state index contributed by atoms with van der Waals surface area (Å²) in [5.41, 5.74) is 4.10. The Labute approximate surface area is 147 Å². The Morgan fingerprint density at radius 3 is 2.92 bits per heavy atom. The van der Waals surface area contributed by atoms with E-state index in [1.54, 1.807) is 12.5 Å². The lowest BCUT2D eigenvalue weighted by atomic mass is 10.0. The van der Waals surface area contributed by atoms with Gasteiger partial charge in [-0.25, -0.2) is 4.68 Å². The normalized spacial score (nSPS) is 15.5. The number of rotatable bonds is 5. The largest absolute Gasteiger partial charge is 0.464 e. The molecule has 25 heavy (non-hydrogen) atoms. The SMILES string of the molecule is Cc1ccc2c(CC(=O)Nc3ccnn3C(C)C3CC3)coc2c1C. The first-order chi connectivity index (χ1) is 12.0. The van der Waals surface area contributed by atoms with Crippen LogP contribution in [0.3, 0.4) is 0 Å². The minimum Gasteiger partial charge on any atom is -0.464 e. The molecule has 0 aliphatic heterocycles. The van der Waals surface area contributed by atoms with Gasteiger partial charge in [-0.15, -0.1) is 0 Å². The van der Waals surface area contributed by atoms with Gasteiger partial charge >= 0.3 is 0 Å². The zero-order chi connectivity index (χ0) is 17.6. The zero-order valence-electron chi connectivity index (χ0n) is 14.9. The molecule has 4 rings (SSSR count). The third kappa shape index (κ3) is 2.95. The van der Waals surface area contributed by atoms with Crippen LogP contribution in [0.25, 0.3) is 11.0 Å². The molecule has 1 aliphatic carbocycles. The van der Waals surface area contributed by atoms with Crippen LogP contribution in [-0.2, 0) is 11.2 Å². The Kier molecular flexibility index (Phi) is 3.86. The molecule has 1 atom stereocenters. The van der Waals surface area contributed by atoms with E-state index in [2.05, 4.69) is 30.3 Å². The summed E-state index contributed by atoms with van der Waals surface area (Å²) in [6.45, 7) is 6.27. The number of carbonyl (C=O) groups excluding carboxylic acids is 1. The molecule has 1 aromatic carbocycles. The highest BCUT2D eigenvalue weighted by molar-refractivity contribution is 5.95. The average Bonchev–Trinajstić information content (AvgIpc) is 3.22. The molecule has 2 heterocycles. The van der Waals surface area contributed by atoms with Crippen molar-refractivity contribution in [3.05, 3.63) is 47.3 Å². The van der Waals surface area contributed by atoms with Crippen LogP contribution in [0.4, 0.5) is 5.82 Å². The molecule has 1 unspecified atom stereocenters. The molecule has 1 amide bonds. The summed E-state index contributed by atoms with van der Waals surface area (Å²) in [7, 11) is 0. The lowest BCUT2D eigenvalue weighted by molar-refractivity contribution is -0.115. The van der Waals surface area contributed by atoms with E-state index in [0.717, 1.165) is 27.9 Å². The van der Waals surface area contributed by atoms with Crippen molar-refractivity contribution in [1.82, 2.24) is 9.78 Å². The quantitative estimate of drug-likeness (QED) is 0.751. The van der Waals surface area contributed by atoms with Gasteiger partial charge in [-0.1, -0.05) is 12.1 Å². The van der Waals surface area contributed by atoms with E-state index in [9.17, 15) is 4.79 Å². The zero-order valence-corrected chi connectivity index (χ0v) is 14.9. The fourth-order valence-corrected chi connectivity index (χ4v) is 3.40. The summed E-state index contributed by atoms with van der Waals surface area (Å²) in [4.78, 5) is 12.5. The first-order valence-corrected chi connectivity index (χ1v) is 8.84. The van der Waals surface area contributed by atoms with Gasteiger partial charge in [0.15, 0.2) is 0 Å². The van der Waals surface area contributed by atoms with Crippen molar-refractivity contribution < 1.29 is 9.21 Å². The van der Waals surface area contributed by atoms with E-state index in [-0.39, 0.29) is 5.91 Å². The molecule has 0 saturated heterocycles. The van der Waals surface area contributed by atoms with Crippen molar-refractivity contribution in [2.75, 3.05) is 5.32 Å². The van der Waals surface area contributed by atoms with E-state index in [4.69, 9.17) is 4.42 Å². The molecule has 2 aromatic heterocycles. The molecule has 5 nitrogen and oxygen atoms in total. The highest BCUT2D eigenvalue weighted by Crippen LogP contribution is 2.40. The Morgan fingerprint density at radius 2 is 2.16 bits per heavy atom. The standard InChI is InChI=1S/C20H23N3O2/c1-12-4-7-17-16(11-25-20(17)13(12)2)10-19(24)22-18-8-9-21-23(18)14(3)15-5-6-15/h4,7-9,11,14-15H,5-6,10H2,1-3H3,(H,22,24). The first-order valence-electron chi connectivity index (χ1n) is 8.84. The number of aryl methyl sites for hydroxylation is 2. The average molecular weight is 337 g/mol. The summed E-state index contributed by atoms with van der Waals surface area (Å²) >= 11 is 0. The number of benzene rings is 1. The van der Waals surface area contributed by atoms with E-state index >= 15 is 0 Å². The molecule has 3 aromatic rings. The Balaban J connectivity index is 1.52. The second-order valence-electron chi connectivity index (χ2n) is 7.11. The van der Waals surface area contributed by atoms with Crippen LogP contribution in [0.5, 0.6) is 0 Å². The minimum atomic E-state index is -0.0503. The van der Waals surface area contributed by atoms with Gasteiger partial charge in [0.05, 0.1) is 24.9 Å². The summed E-state index contributed by atoms with van der Waals surface area (Å²) in [6.07, 6.45) is 6.22. The predicted octanol–water partition coefficient (Wildman–Crippen LogP) is 4.40. The highest BCUT2D eigenvalue weighted by Gasteiger charge is 2.30. The molecule has 1 fully saturated rings. The van der Waals surface area contributed by atoms with Gasteiger partial charge in [0, 0.05) is 17.0 Å².